The number of fused-ring (bicyclic) bond motifs is 1. The number of hydrogen-bond donors (Lipinski definition) is 3. The first-order valence-corrected chi connectivity index (χ1v) is 13.2. The Morgan fingerprint density at radius 3 is 2.27 bits per heavy atom. The fourth-order valence-corrected chi connectivity index (χ4v) is 5.18. The molecule has 0 bridgehead atoms. The fraction of sp³-hybridized carbons (Fsp3) is 0.333. The van der Waals surface area contributed by atoms with E-state index in [2.05, 4.69) is 38.3 Å². The van der Waals surface area contributed by atoms with E-state index >= 15 is 0 Å². The van der Waals surface area contributed by atoms with Crippen molar-refractivity contribution in [2.45, 2.75) is 44.2 Å². The van der Waals surface area contributed by atoms with Crippen LogP contribution in [0.15, 0.2) is 66.9 Å². The molecule has 2 heterocycles. The van der Waals surface area contributed by atoms with E-state index in [1.807, 2.05) is 54.7 Å². The summed E-state index contributed by atoms with van der Waals surface area (Å²) in [5.41, 5.74) is 5.75. The summed E-state index contributed by atoms with van der Waals surface area (Å²) in [4.78, 5) is 27.2. The Hall–Kier alpha value is -3.84. The second-order valence-corrected chi connectivity index (χ2v) is 10.3. The molecule has 7 heteroatoms. The second kappa shape index (κ2) is 9.90. The number of anilines is 2. The topological polar surface area (TPSA) is 86.6 Å². The van der Waals surface area contributed by atoms with Gasteiger partial charge in [0.25, 0.3) is 5.91 Å². The zero-order chi connectivity index (χ0) is 25.4. The Morgan fingerprint density at radius 1 is 0.865 bits per heavy atom. The van der Waals surface area contributed by atoms with Crippen LogP contribution < -0.4 is 15.5 Å². The summed E-state index contributed by atoms with van der Waals surface area (Å²) < 4.78 is 2.12. The summed E-state index contributed by atoms with van der Waals surface area (Å²) >= 11 is 0. The predicted octanol–water partition coefficient (Wildman–Crippen LogP) is 4.15. The highest BCUT2D eigenvalue weighted by Gasteiger charge is 2.31. The van der Waals surface area contributed by atoms with Gasteiger partial charge in [-0.1, -0.05) is 6.08 Å². The van der Waals surface area contributed by atoms with E-state index in [1.165, 1.54) is 5.56 Å². The zero-order valence-corrected chi connectivity index (χ0v) is 20.8. The van der Waals surface area contributed by atoms with Crippen LogP contribution in [0, 0.1) is 5.92 Å². The average molecular weight is 497 g/mol. The minimum Gasteiger partial charge on any atom is -0.393 e. The lowest BCUT2D eigenvalue weighted by Crippen LogP contribution is -2.37. The standard InChI is InChI=1S/C30H32N4O3/c35-27-14-16-33(17-15-27)25-10-5-23(6-11-25)31-29(36)21-3-8-26(9-4-21)34-18-13-22-19-24(7-12-28(22)34)32-30(37)20-1-2-20/h3-13,18,20,24,27,35H,1-2,14-17,19H2,(H,31,36)(H,32,37). The first-order valence-electron chi connectivity index (χ1n) is 13.2. The van der Waals surface area contributed by atoms with Gasteiger partial charge in [0.1, 0.15) is 0 Å². The van der Waals surface area contributed by atoms with Gasteiger partial charge in [-0.05, 0) is 98.3 Å². The smallest absolute Gasteiger partial charge is 0.255 e. The predicted molar refractivity (Wildman–Crippen MR) is 145 cm³/mol. The highest BCUT2D eigenvalue weighted by molar-refractivity contribution is 6.04. The van der Waals surface area contributed by atoms with Crippen LogP contribution in [0.4, 0.5) is 11.4 Å². The molecule has 0 spiro atoms. The van der Waals surface area contributed by atoms with Gasteiger partial charge in [-0.25, -0.2) is 0 Å². The SMILES string of the molecule is O=C(Nc1ccc(N2CCC(O)CC2)cc1)c1ccc(-n2ccc3c2C=CC(NC(=O)C2CC2)C3)cc1. The van der Waals surface area contributed by atoms with Crippen molar-refractivity contribution in [1.82, 2.24) is 9.88 Å². The normalized spacial score (nSPS) is 19.4. The number of nitrogens with zero attached hydrogens (tertiary/aromatic N) is 2. The van der Waals surface area contributed by atoms with E-state index in [0.717, 1.165) is 67.9 Å². The number of carbonyl (C=O) groups excluding carboxylic acids is 2. The molecule has 3 aliphatic rings. The van der Waals surface area contributed by atoms with Gasteiger partial charge in [-0.15, -0.1) is 0 Å². The van der Waals surface area contributed by atoms with E-state index in [0.29, 0.717) is 5.56 Å². The molecule has 37 heavy (non-hydrogen) atoms. The third-order valence-corrected chi connectivity index (χ3v) is 7.58. The molecule has 6 rings (SSSR count). The molecule has 0 radical (unpaired) electrons. The van der Waals surface area contributed by atoms with Crippen molar-refractivity contribution < 1.29 is 14.7 Å². The molecular weight excluding hydrogens is 464 g/mol. The number of benzene rings is 2. The monoisotopic (exact) mass is 496 g/mol. The number of piperidine rings is 1. The van der Waals surface area contributed by atoms with Crippen LogP contribution in [0.25, 0.3) is 11.8 Å². The van der Waals surface area contributed by atoms with Crippen LogP contribution in [-0.4, -0.2) is 46.7 Å². The third-order valence-electron chi connectivity index (χ3n) is 7.58. The first kappa shape index (κ1) is 23.6. The fourth-order valence-electron chi connectivity index (χ4n) is 5.18. The van der Waals surface area contributed by atoms with Gasteiger partial charge in [0.15, 0.2) is 0 Å². The lowest BCUT2D eigenvalue weighted by molar-refractivity contribution is -0.122. The molecule has 2 aromatic carbocycles. The van der Waals surface area contributed by atoms with Gasteiger partial charge in [-0.2, -0.15) is 0 Å². The summed E-state index contributed by atoms with van der Waals surface area (Å²) in [6.07, 6.45) is 10.4. The second-order valence-electron chi connectivity index (χ2n) is 10.3. The van der Waals surface area contributed by atoms with Crippen molar-refractivity contribution in [2.75, 3.05) is 23.3 Å². The number of rotatable bonds is 6. The van der Waals surface area contributed by atoms with Gasteiger partial charge in [-0.3, -0.25) is 9.59 Å². The maximum Gasteiger partial charge on any atom is 0.255 e. The van der Waals surface area contributed by atoms with Gasteiger partial charge in [0.05, 0.1) is 12.1 Å². The Kier molecular flexibility index (Phi) is 6.30. The van der Waals surface area contributed by atoms with Crippen LogP contribution in [0.5, 0.6) is 0 Å². The zero-order valence-electron chi connectivity index (χ0n) is 20.8. The average Bonchev–Trinajstić information content (AvgIpc) is 3.69. The van der Waals surface area contributed by atoms with Crippen LogP contribution in [-0.2, 0) is 11.2 Å². The summed E-state index contributed by atoms with van der Waals surface area (Å²) in [6.45, 7) is 1.69. The molecule has 1 atom stereocenters. The van der Waals surface area contributed by atoms with E-state index in [4.69, 9.17) is 0 Å². The van der Waals surface area contributed by atoms with Crippen molar-refractivity contribution in [3.05, 3.63) is 83.7 Å². The highest BCUT2D eigenvalue weighted by atomic mass is 16.3. The quantitative estimate of drug-likeness (QED) is 0.479. The van der Waals surface area contributed by atoms with Crippen molar-refractivity contribution in [2.24, 2.45) is 5.92 Å². The maximum absolute atomic E-state index is 12.8. The van der Waals surface area contributed by atoms with Gasteiger partial charge in [0.2, 0.25) is 5.91 Å². The number of aliphatic hydroxyl groups excluding tert-OH is 1. The van der Waals surface area contributed by atoms with Crippen LogP contribution in [0.1, 0.15) is 47.3 Å². The first-order chi connectivity index (χ1) is 18.0. The van der Waals surface area contributed by atoms with E-state index in [-0.39, 0.29) is 29.9 Å². The largest absolute Gasteiger partial charge is 0.393 e. The Morgan fingerprint density at radius 2 is 1.57 bits per heavy atom. The van der Waals surface area contributed by atoms with Crippen LogP contribution in [0.3, 0.4) is 0 Å². The number of aliphatic hydroxyl groups is 1. The maximum atomic E-state index is 12.8. The van der Waals surface area contributed by atoms with E-state index in [1.54, 1.807) is 0 Å². The van der Waals surface area contributed by atoms with Gasteiger partial charge in [0, 0.05) is 53.5 Å². The molecule has 3 N–H and O–H groups in total. The Bertz CT molecular complexity index is 1310. The molecule has 7 nitrogen and oxygen atoms in total. The third kappa shape index (κ3) is 5.18. The molecule has 2 fully saturated rings. The molecule has 1 saturated carbocycles. The van der Waals surface area contributed by atoms with Crippen molar-refractivity contribution in [3.63, 3.8) is 0 Å². The lowest BCUT2D eigenvalue weighted by atomic mass is 9.99. The van der Waals surface area contributed by atoms with Crippen molar-refractivity contribution in [3.8, 4) is 5.69 Å². The molecule has 1 aliphatic heterocycles. The highest BCUT2D eigenvalue weighted by Crippen LogP contribution is 2.30. The molecule has 3 aromatic rings. The van der Waals surface area contributed by atoms with E-state index < -0.39 is 0 Å². The van der Waals surface area contributed by atoms with Crippen molar-refractivity contribution in [1.29, 1.82) is 0 Å². The van der Waals surface area contributed by atoms with Crippen LogP contribution >= 0.6 is 0 Å². The molecule has 1 unspecified atom stereocenters. The summed E-state index contributed by atoms with van der Waals surface area (Å²) in [6, 6.07) is 17.6. The summed E-state index contributed by atoms with van der Waals surface area (Å²) in [7, 11) is 0. The Labute approximate surface area is 216 Å². The number of carbonyl (C=O) groups is 2. The minimum absolute atomic E-state index is 0.0457. The molecule has 1 saturated heterocycles. The molecule has 1 aromatic heterocycles. The minimum atomic E-state index is -0.196. The lowest BCUT2D eigenvalue weighted by Gasteiger charge is -2.31. The number of nitrogens with one attached hydrogen (secondary N) is 2. The van der Waals surface area contributed by atoms with Crippen molar-refractivity contribution >= 4 is 29.3 Å². The summed E-state index contributed by atoms with van der Waals surface area (Å²) in [5.74, 6) is 0.235. The molecular formula is C30H32N4O3. The van der Waals surface area contributed by atoms with E-state index in [9.17, 15) is 14.7 Å². The summed E-state index contributed by atoms with van der Waals surface area (Å²) in [5, 5.41) is 15.8. The molecule has 2 aliphatic carbocycles. The number of aromatic nitrogens is 1. The van der Waals surface area contributed by atoms with Gasteiger partial charge < -0.3 is 25.2 Å². The number of hydrogen-bond acceptors (Lipinski definition) is 4. The van der Waals surface area contributed by atoms with Gasteiger partial charge >= 0.3 is 0 Å². The number of amides is 2. The Balaban J connectivity index is 1.08. The van der Waals surface area contributed by atoms with Crippen LogP contribution in [0.2, 0.25) is 0 Å². The molecule has 2 amide bonds. The molecule has 190 valence electrons.